The van der Waals surface area contributed by atoms with Gasteiger partial charge in [0.2, 0.25) is 23.6 Å². The summed E-state index contributed by atoms with van der Waals surface area (Å²) in [6.07, 6.45) is 7.62. The monoisotopic (exact) mass is 688 g/mol. The van der Waals surface area contributed by atoms with Gasteiger partial charge in [-0.15, -0.1) is 0 Å². The molecule has 8 atom stereocenters. The van der Waals surface area contributed by atoms with Crippen LogP contribution in [-0.4, -0.2) is 105 Å². The summed E-state index contributed by atoms with van der Waals surface area (Å²) in [6, 6.07) is -3.89. The Morgan fingerprint density at radius 3 is 1.85 bits per heavy atom. The van der Waals surface area contributed by atoms with Crippen LogP contribution in [0.3, 0.4) is 0 Å². The van der Waals surface area contributed by atoms with E-state index >= 15 is 0 Å². The van der Waals surface area contributed by atoms with E-state index in [-0.39, 0.29) is 19.3 Å². The molecule has 48 heavy (non-hydrogen) atoms. The van der Waals surface area contributed by atoms with Crippen molar-refractivity contribution in [3.8, 4) is 0 Å². The molecule has 0 aromatic carbocycles. The molecular weight excluding hydrogens is 628 g/mol. The van der Waals surface area contributed by atoms with Crippen molar-refractivity contribution < 1.29 is 53.9 Å². The van der Waals surface area contributed by atoms with E-state index in [2.05, 4.69) is 22.9 Å². The van der Waals surface area contributed by atoms with Gasteiger partial charge < -0.3 is 51.6 Å². The second-order valence-corrected chi connectivity index (χ2v) is 12.7. The van der Waals surface area contributed by atoms with Crippen LogP contribution in [0.5, 0.6) is 0 Å². The van der Waals surface area contributed by atoms with Crippen LogP contribution in [0.25, 0.3) is 0 Å². The van der Waals surface area contributed by atoms with Gasteiger partial charge in [-0.05, 0) is 26.7 Å². The van der Waals surface area contributed by atoms with Crippen molar-refractivity contribution in [2.75, 3.05) is 6.61 Å². The van der Waals surface area contributed by atoms with Crippen LogP contribution in [0.4, 0.5) is 0 Å². The zero-order valence-corrected chi connectivity index (χ0v) is 28.9. The number of hydrogen-bond donors (Lipinski definition) is 8. The number of primary amides is 1. The lowest BCUT2D eigenvalue weighted by atomic mass is 9.96. The molecule has 0 radical (unpaired) electrons. The number of carbonyl (C=O) groups excluding carboxylic acids is 4. The molecule has 0 saturated carbocycles. The summed E-state index contributed by atoms with van der Waals surface area (Å²) in [5.74, 6) is -4.17. The third kappa shape index (κ3) is 17.0. The Hall–Kier alpha value is -2.85. The van der Waals surface area contributed by atoms with E-state index < -0.39 is 85.0 Å². The number of carbonyl (C=O) groups is 5. The predicted molar refractivity (Wildman–Crippen MR) is 176 cm³/mol. The number of aliphatic hydroxyl groups excluding tert-OH is 3. The molecule has 0 bridgehead atoms. The topological polar surface area (TPSA) is 247 Å². The van der Waals surface area contributed by atoms with Crippen LogP contribution >= 0.6 is 0 Å². The fourth-order valence-electron chi connectivity index (χ4n) is 5.50. The average molecular weight is 689 g/mol. The minimum absolute atomic E-state index is 0.173. The molecule has 15 nitrogen and oxygen atoms in total. The molecule has 1 heterocycles. The number of carboxylic acid groups (broad SMARTS) is 1. The number of ether oxygens (including phenoxy) is 2. The molecule has 1 unspecified atom stereocenters. The number of nitrogens with one attached hydrogen (secondary N) is 3. The number of unbranched alkanes of at least 4 members (excludes halogenated alkanes) is 12. The van der Waals surface area contributed by atoms with E-state index in [0.717, 1.165) is 19.3 Å². The maximum atomic E-state index is 12.9. The number of rotatable bonds is 26. The van der Waals surface area contributed by atoms with Gasteiger partial charge in [-0.25, -0.2) is 4.79 Å². The van der Waals surface area contributed by atoms with Gasteiger partial charge in [0.25, 0.3) is 0 Å². The number of carboxylic acids is 1. The van der Waals surface area contributed by atoms with Crippen LogP contribution in [-0.2, 0) is 33.4 Å². The molecule has 0 spiro atoms. The van der Waals surface area contributed by atoms with E-state index in [9.17, 15) is 44.4 Å². The molecule has 1 aliphatic heterocycles. The SMILES string of the molecule is CCCCCCCCCCCCCCCC(=O)N[C@@H]1[C@@H](OC(C)C(=O)N[C@@H](C)C(=O)N[C@H](CCC(N)=O)C(=O)O)[C@H](O)[C@@H](CO)O[C@@H]1O. The Morgan fingerprint density at radius 1 is 0.812 bits per heavy atom. The third-order valence-corrected chi connectivity index (χ3v) is 8.48. The zero-order valence-electron chi connectivity index (χ0n) is 28.9. The van der Waals surface area contributed by atoms with Crippen molar-refractivity contribution in [1.29, 1.82) is 0 Å². The van der Waals surface area contributed by atoms with E-state index in [0.29, 0.717) is 6.42 Å². The molecule has 278 valence electrons. The average Bonchev–Trinajstić information content (AvgIpc) is 3.03. The van der Waals surface area contributed by atoms with E-state index in [1.165, 1.54) is 71.6 Å². The fourth-order valence-corrected chi connectivity index (χ4v) is 5.50. The molecule has 0 aliphatic carbocycles. The molecule has 1 fully saturated rings. The molecule has 0 aromatic rings. The number of hydrogen-bond acceptors (Lipinski definition) is 10. The second-order valence-electron chi connectivity index (χ2n) is 12.7. The smallest absolute Gasteiger partial charge is 0.326 e. The molecule has 0 aromatic heterocycles. The number of amides is 4. The molecule has 1 rings (SSSR count). The Kier molecular flexibility index (Phi) is 21.9. The summed E-state index contributed by atoms with van der Waals surface area (Å²) in [4.78, 5) is 60.6. The Morgan fingerprint density at radius 2 is 1.35 bits per heavy atom. The number of aliphatic carboxylic acids is 1. The third-order valence-electron chi connectivity index (χ3n) is 8.48. The minimum atomic E-state index is -1.65. The molecule has 1 saturated heterocycles. The van der Waals surface area contributed by atoms with Crippen molar-refractivity contribution in [3.05, 3.63) is 0 Å². The quantitative estimate of drug-likeness (QED) is 0.0599. The lowest BCUT2D eigenvalue weighted by molar-refractivity contribution is -0.266. The molecule has 1 aliphatic rings. The molecule has 4 amide bonds. The van der Waals surface area contributed by atoms with Crippen LogP contribution < -0.4 is 21.7 Å². The predicted octanol–water partition coefficient (Wildman–Crippen LogP) is 1.14. The highest BCUT2D eigenvalue weighted by Gasteiger charge is 2.47. The summed E-state index contributed by atoms with van der Waals surface area (Å²) < 4.78 is 11.0. The second kappa shape index (κ2) is 24.3. The largest absolute Gasteiger partial charge is 0.480 e. The van der Waals surface area contributed by atoms with E-state index in [4.69, 9.17) is 15.2 Å². The fraction of sp³-hybridized carbons (Fsp3) is 0.848. The van der Waals surface area contributed by atoms with Gasteiger partial charge in [-0.2, -0.15) is 0 Å². The maximum Gasteiger partial charge on any atom is 0.326 e. The van der Waals surface area contributed by atoms with Gasteiger partial charge in [0.05, 0.1) is 6.61 Å². The van der Waals surface area contributed by atoms with Crippen molar-refractivity contribution in [2.45, 2.75) is 172 Å². The highest BCUT2D eigenvalue weighted by Crippen LogP contribution is 2.24. The summed E-state index contributed by atoms with van der Waals surface area (Å²) >= 11 is 0. The van der Waals surface area contributed by atoms with Gasteiger partial charge in [-0.3, -0.25) is 19.2 Å². The molecular formula is C33H60N4O11. The summed E-state index contributed by atoms with van der Waals surface area (Å²) in [5, 5.41) is 47.6. The van der Waals surface area contributed by atoms with Crippen molar-refractivity contribution in [1.82, 2.24) is 16.0 Å². The first-order valence-corrected chi connectivity index (χ1v) is 17.5. The van der Waals surface area contributed by atoms with Crippen molar-refractivity contribution in [3.63, 3.8) is 0 Å². The first kappa shape index (κ1) is 43.2. The summed E-state index contributed by atoms with van der Waals surface area (Å²) in [5.41, 5.74) is 5.05. The Labute approximate surface area is 284 Å². The van der Waals surface area contributed by atoms with Crippen LogP contribution in [0.1, 0.15) is 124 Å². The highest BCUT2D eigenvalue weighted by molar-refractivity contribution is 5.91. The molecule has 9 N–H and O–H groups in total. The minimum Gasteiger partial charge on any atom is -0.480 e. The lowest BCUT2D eigenvalue weighted by Gasteiger charge is -2.43. The highest BCUT2D eigenvalue weighted by atomic mass is 16.6. The summed E-state index contributed by atoms with van der Waals surface area (Å²) in [7, 11) is 0. The van der Waals surface area contributed by atoms with Gasteiger partial charge >= 0.3 is 5.97 Å². The van der Waals surface area contributed by atoms with Crippen LogP contribution in [0.2, 0.25) is 0 Å². The number of nitrogens with two attached hydrogens (primary N) is 1. The van der Waals surface area contributed by atoms with Gasteiger partial charge in [-0.1, -0.05) is 84.0 Å². The van der Waals surface area contributed by atoms with Crippen LogP contribution in [0, 0.1) is 0 Å². The first-order chi connectivity index (χ1) is 22.8. The summed E-state index contributed by atoms with van der Waals surface area (Å²) in [6.45, 7) is 4.18. The van der Waals surface area contributed by atoms with Crippen molar-refractivity contribution >= 4 is 29.6 Å². The zero-order chi connectivity index (χ0) is 36.1. The number of aliphatic hydroxyl groups is 3. The van der Waals surface area contributed by atoms with E-state index in [1.54, 1.807) is 0 Å². The van der Waals surface area contributed by atoms with E-state index in [1.807, 2.05) is 0 Å². The van der Waals surface area contributed by atoms with Gasteiger partial charge in [0.1, 0.15) is 42.5 Å². The first-order valence-electron chi connectivity index (χ1n) is 17.5. The normalized spacial score (nSPS) is 22.7. The van der Waals surface area contributed by atoms with Crippen LogP contribution in [0.15, 0.2) is 0 Å². The standard InChI is InChI=1S/C33H60N4O11/c1-4-5-6-7-8-9-10-11-12-13-14-15-16-17-26(40)37-27-29(28(41)24(20-38)48-33(27)46)47-22(3)31(43)35-21(2)30(42)36-23(32(44)45)18-19-25(34)39/h21-24,27-29,33,38,41,46H,4-20H2,1-3H3,(H2,34,39)(H,35,43)(H,36,42)(H,37,40)(H,44,45)/t21-,22?,23+,24+,27+,28+,29+,33-/m0/s1. The lowest BCUT2D eigenvalue weighted by Crippen LogP contribution is -2.66. The molecule has 15 heteroatoms. The maximum absolute atomic E-state index is 12.9. The van der Waals surface area contributed by atoms with Gasteiger partial charge in [0.15, 0.2) is 6.29 Å². The Bertz CT molecular complexity index is 985. The van der Waals surface area contributed by atoms with Crippen molar-refractivity contribution in [2.24, 2.45) is 5.73 Å². The Balaban J connectivity index is 2.59. The van der Waals surface area contributed by atoms with Gasteiger partial charge in [0, 0.05) is 12.8 Å².